The summed E-state index contributed by atoms with van der Waals surface area (Å²) in [7, 11) is -3.80. The second-order valence-corrected chi connectivity index (χ2v) is 7.06. The average molecular weight is 309 g/mol. The third-order valence-electron chi connectivity index (χ3n) is 3.82. The number of halogens is 1. The first-order chi connectivity index (χ1) is 10.1. The molecule has 0 N–H and O–H groups in total. The Bertz CT molecular complexity index is 719. The molecule has 21 heavy (non-hydrogen) atoms. The third-order valence-corrected chi connectivity index (χ3v) is 5.35. The number of rotatable bonds is 3. The Labute approximate surface area is 122 Å². The van der Waals surface area contributed by atoms with Gasteiger partial charge in [-0.1, -0.05) is 19.3 Å². The van der Waals surface area contributed by atoms with Crippen LogP contribution < -0.4 is 0 Å². The summed E-state index contributed by atoms with van der Waals surface area (Å²) in [5.41, 5.74) is 0. The Balaban J connectivity index is 1.89. The van der Waals surface area contributed by atoms with Crippen LogP contribution in [-0.4, -0.2) is 22.6 Å². The summed E-state index contributed by atoms with van der Waals surface area (Å²) < 4.78 is 38.5. The van der Waals surface area contributed by atoms with E-state index >= 15 is 0 Å². The number of hydrogen-bond acceptors (Lipinski definition) is 4. The van der Waals surface area contributed by atoms with Gasteiger partial charge >= 0.3 is 0 Å². The first kappa shape index (κ1) is 14.2. The van der Waals surface area contributed by atoms with E-state index in [-0.39, 0.29) is 10.8 Å². The van der Waals surface area contributed by atoms with E-state index in [0.717, 1.165) is 41.9 Å². The molecule has 1 aliphatic rings. The van der Waals surface area contributed by atoms with Crippen LogP contribution in [0.25, 0.3) is 0 Å². The second kappa shape index (κ2) is 5.55. The molecular weight excluding hydrogens is 293 g/mol. The Morgan fingerprint density at radius 3 is 2.43 bits per heavy atom. The molecule has 1 aromatic heterocycles. The molecule has 7 heteroatoms. The van der Waals surface area contributed by atoms with Crippen LogP contribution in [0.5, 0.6) is 0 Å². The maximum Gasteiger partial charge on any atom is 0.284 e. The van der Waals surface area contributed by atoms with Crippen LogP contribution in [-0.2, 0) is 10.0 Å². The van der Waals surface area contributed by atoms with Crippen molar-refractivity contribution in [2.75, 3.05) is 0 Å². The summed E-state index contributed by atoms with van der Waals surface area (Å²) in [6.45, 7) is 0. The highest BCUT2D eigenvalue weighted by atomic mass is 32.2. The summed E-state index contributed by atoms with van der Waals surface area (Å²) in [6, 6.07) is 4.69. The van der Waals surface area contributed by atoms with Gasteiger partial charge < -0.3 is 0 Å². The van der Waals surface area contributed by atoms with E-state index in [1.54, 1.807) is 0 Å². The van der Waals surface area contributed by atoms with Gasteiger partial charge in [0.25, 0.3) is 10.0 Å². The van der Waals surface area contributed by atoms with E-state index in [1.807, 2.05) is 0 Å². The van der Waals surface area contributed by atoms with Gasteiger partial charge in [0.1, 0.15) is 12.1 Å². The van der Waals surface area contributed by atoms with Crippen molar-refractivity contribution in [2.45, 2.75) is 42.9 Å². The zero-order valence-corrected chi connectivity index (χ0v) is 12.3. The van der Waals surface area contributed by atoms with Gasteiger partial charge in [0, 0.05) is 5.92 Å². The minimum Gasteiger partial charge on any atom is -0.218 e. The molecule has 0 atom stereocenters. The van der Waals surface area contributed by atoms with Gasteiger partial charge in [0.15, 0.2) is 5.82 Å². The van der Waals surface area contributed by atoms with Gasteiger partial charge in [0.05, 0.1) is 4.90 Å². The first-order valence-corrected chi connectivity index (χ1v) is 8.44. The summed E-state index contributed by atoms with van der Waals surface area (Å²) >= 11 is 0. The number of benzene rings is 1. The summed E-state index contributed by atoms with van der Waals surface area (Å²) in [5.74, 6) is 0.347. The molecule has 2 aromatic rings. The highest BCUT2D eigenvalue weighted by Gasteiger charge is 2.23. The summed E-state index contributed by atoms with van der Waals surface area (Å²) in [5, 5.41) is 4.13. The molecule has 0 saturated heterocycles. The molecule has 1 aromatic carbocycles. The zero-order chi connectivity index (χ0) is 14.9. The minimum atomic E-state index is -3.80. The van der Waals surface area contributed by atoms with Gasteiger partial charge in [-0.05, 0) is 37.1 Å². The quantitative estimate of drug-likeness (QED) is 0.874. The van der Waals surface area contributed by atoms with Crippen LogP contribution in [0.15, 0.2) is 35.5 Å². The van der Waals surface area contributed by atoms with Crippen LogP contribution in [0.1, 0.15) is 43.8 Å². The Hall–Kier alpha value is -1.76. The van der Waals surface area contributed by atoms with E-state index in [2.05, 4.69) is 10.1 Å². The van der Waals surface area contributed by atoms with Crippen LogP contribution in [0, 0.1) is 5.82 Å². The van der Waals surface area contributed by atoms with Crippen molar-refractivity contribution < 1.29 is 12.8 Å². The van der Waals surface area contributed by atoms with Crippen LogP contribution in [0.2, 0.25) is 0 Å². The second-order valence-electron chi connectivity index (χ2n) is 5.27. The van der Waals surface area contributed by atoms with E-state index in [1.165, 1.54) is 24.9 Å². The monoisotopic (exact) mass is 309 g/mol. The van der Waals surface area contributed by atoms with Crippen molar-refractivity contribution >= 4 is 10.0 Å². The highest BCUT2D eigenvalue weighted by molar-refractivity contribution is 7.89. The van der Waals surface area contributed by atoms with Gasteiger partial charge in [0.2, 0.25) is 0 Å². The van der Waals surface area contributed by atoms with Gasteiger partial charge in [-0.2, -0.15) is 8.42 Å². The molecule has 0 bridgehead atoms. The molecule has 1 aliphatic carbocycles. The van der Waals surface area contributed by atoms with Crippen molar-refractivity contribution in [3.05, 3.63) is 42.2 Å². The number of nitrogens with zero attached hydrogens (tertiary/aromatic N) is 3. The maximum atomic E-state index is 12.9. The average Bonchev–Trinajstić information content (AvgIpc) is 2.99. The minimum absolute atomic E-state index is 0.00370. The normalized spacial score (nSPS) is 17.0. The van der Waals surface area contributed by atoms with Crippen molar-refractivity contribution in [3.63, 3.8) is 0 Å². The van der Waals surface area contributed by atoms with Crippen LogP contribution >= 0.6 is 0 Å². The van der Waals surface area contributed by atoms with Crippen molar-refractivity contribution in [1.29, 1.82) is 0 Å². The van der Waals surface area contributed by atoms with Crippen LogP contribution in [0.4, 0.5) is 4.39 Å². The standard InChI is InChI=1S/C14H16FN3O2S/c15-12-6-8-13(9-7-12)21(19,20)18-10-16-14(17-18)11-4-2-1-3-5-11/h6-11H,1-5H2. The lowest BCUT2D eigenvalue weighted by Crippen LogP contribution is -2.15. The Morgan fingerprint density at radius 1 is 1.10 bits per heavy atom. The lowest BCUT2D eigenvalue weighted by atomic mass is 9.89. The molecule has 1 fully saturated rings. The molecule has 0 unspecified atom stereocenters. The first-order valence-electron chi connectivity index (χ1n) is 7.00. The topological polar surface area (TPSA) is 64.8 Å². The summed E-state index contributed by atoms with van der Waals surface area (Å²) in [4.78, 5) is 4.15. The molecule has 1 heterocycles. The molecule has 0 radical (unpaired) electrons. The van der Waals surface area contributed by atoms with E-state index < -0.39 is 15.8 Å². The maximum absolute atomic E-state index is 12.9. The SMILES string of the molecule is O=S(=O)(c1ccc(F)cc1)n1cnc(C2CCCCC2)n1. The predicted molar refractivity (Wildman–Crippen MR) is 74.8 cm³/mol. The van der Waals surface area contributed by atoms with Crippen LogP contribution in [0.3, 0.4) is 0 Å². The molecule has 0 amide bonds. The van der Waals surface area contributed by atoms with Crippen molar-refractivity contribution in [1.82, 2.24) is 14.2 Å². The van der Waals surface area contributed by atoms with Crippen molar-refractivity contribution in [2.24, 2.45) is 0 Å². The lowest BCUT2D eigenvalue weighted by molar-refractivity contribution is 0.428. The third kappa shape index (κ3) is 2.83. The van der Waals surface area contributed by atoms with E-state index in [0.29, 0.717) is 5.82 Å². The fourth-order valence-electron chi connectivity index (χ4n) is 2.64. The molecule has 0 aliphatic heterocycles. The van der Waals surface area contributed by atoms with Gasteiger partial charge in [-0.15, -0.1) is 9.19 Å². The summed E-state index contributed by atoms with van der Waals surface area (Å²) in [6.07, 6.45) is 6.70. The number of hydrogen-bond donors (Lipinski definition) is 0. The zero-order valence-electron chi connectivity index (χ0n) is 11.4. The molecule has 1 saturated carbocycles. The lowest BCUT2D eigenvalue weighted by Gasteiger charge is -2.18. The smallest absolute Gasteiger partial charge is 0.218 e. The van der Waals surface area contributed by atoms with E-state index in [9.17, 15) is 12.8 Å². The fourth-order valence-corrected chi connectivity index (χ4v) is 3.70. The van der Waals surface area contributed by atoms with Crippen molar-refractivity contribution in [3.8, 4) is 0 Å². The highest BCUT2D eigenvalue weighted by Crippen LogP contribution is 2.30. The molecular formula is C14H16FN3O2S. The molecule has 112 valence electrons. The predicted octanol–water partition coefficient (Wildman–Crippen LogP) is 2.70. The fraction of sp³-hybridized carbons (Fsp3) is 0.429. The Morgan fingerprint density at radius 2 is 1.76 bits per heavy atom. The number of aromatic nitrogens is 3. The van der Waals surface area contributed by atoms with Gasteiger partial charge in [-0.25, -0.2) is 9.37 Å². The largest absolute Gasteiger partial charge is 0.284 e. The van der Waals surface area contributed by atoms with E-state index in [4.69, 9.17) is 0 Å². The van der Waals surface area contributed by atoms with Gasteiger partial charge in [-0.3, -0.25) is 0 Å². The molecule has 5 nitrogen and oxygen atoms in total. The molecule has 0 spiro atoms. The molecule has 3 rings (SSSR count). The Kier molecular flexibility index (Phi) is 3.75.